The Bertz CT molecular complexity index is 447. The van der Waals surface area contributed by atoms with Gasteiger partial charge in [0.25, 0.3) is 0 Å². The van der Waals surface area contributed by atoms with Crippen molar-refractivity contribution in [2.75, 3.05) is 6.54 Å². The van der Waals surface area contributed by atoms with Gasteiger partial charge in [-0.15, -0.1) is 0 Å². The number of carboxylic acids is 1. The molecule has 0 saturated carbocycles. The van der Waals surface area contributed by atoms with Gasteiger partial charge in [0.05, 0.1) is 0 Å². The number of likely N-dealkylation sites (tertiary alicyclic amines) is 1. The molecule has 1 aliphatic rings. The summed E-state index contributed by atoms with van der Waals surface area (Å²) < 4.78 is 0. The Morgan fingerprint density at radius 2 is 1.81 bits per heavy atom. The maximum atomic E-state index is 12.3. The van der Waals surface area contributed by atoms with Crippen molar-refractivity contribution in [3.05, 3.63) is 0 Å². The molecule has 0 radical (unpaired) electrons. The van der Waals surface area contributed by atoms with Crippen LogP contribution in [0.4, 0.5) is 0 Å². The number of carbonyl (C=O) groups is 3. The highest BCUT2D eigenvalue weighted by Crippen LogP contribution is 2.23. The van der Waals surface area contributed by atoms with E-state index in [9.17, 15) is 14.4 Å². The summed E-state index contributed by atoms with van der Waals surface area (Å²) in [7, 11) is 0. The molecular weight excluding hydrogens is 330 g/mol. The van der Waals surface area contributed by atoms with Gasteiger partial charge in [-0.25, -0.2) is 0 Å². The molecule has 1 N–H and O–H groups in total. The van der Waals surface area contributed by atoms with Crippen molar-refractivity contribution < 1.29 is 19.5 Å². The van der Waals surface area contributed by atoms with E-state index >= 15 is 0 Å². The van der Waals surface area contributed by atoms with E-state index in [1.807, 2.05) is 4.90 Å². The van der Waals surface area contributed by atoms with Gasteiger partial charge in [-0.3, -0.25) is 14.4 Å². The summed E-state index contributed by atoms with van der Waals surface area (Å²) >= 11 is 0. The molecule has 1 rings (SSSR count). The Morgan fingerprint density at radius 1 is 1.08 bits per heavy atom. The third-order valence-electron chi connectivity index (χ3n) is 5.22. The van der Waals surface area contributed by atoms with Gasteiger partial charge in [0.1, 0.15) is 5.78 Å². The molecule has 0 spiro atoms. The molecule has 0 unspecified atom stereocenters. The summed E-state index contributed by atoms with van der Waals surface area (Å²) in [6.07, 6.45) is 10.4. The summed E-state index contributed by atoms with van der Waals surface area (Å²) in [5, 5.41) is 8.65. The molecule has 5 heteroatoms. The van der Waals surface area contributed by atoms with Crippen molar-refractivity contribution in [1.82, 2.24) is 4.90 Å². The van der Waals surface area contributed by atoms with Crippen molar-refractivity contribution in [3.8, 4) is 0 Å². The zero-order valence-electron chi connectivity index (χ0n) is 16.7. The molecule has 0 aliphatic carbocycles. The number of amides is 1. The fourth-order valence-electron chi connectivity index (χ4n) is 3.67. The maximum Gasteiger partial charge on any atom is 0.303 e. The molecule has 1 aliphatic heterocycles. The molecule has 1 heterocycles. The first-order chi connectivity index (χ1) is 12.4. The van der Waals surface area contributed by atoms with Crippen LogP contribution in [0.1, 0.15) is 97.3 Å². The number of hydrogen-bond donors (Lipinski definition) is 1. The standard InChI is InChI=1S/C21H37NO4/c1-17(2)9-7-11-19(23)15-14-18-10-8-12-20(24)22(18)16-6-4-3-5-13-21(25)26/h17-18H,3-16H2,1-2H3,(H,25,26)/t18-/m1/s1. The van der Waals surface area contributed by atoms with Crippen LogP contribution < -0.4 is 0 Å². The lowest BCUT2D eigenvalue weighted by Crippen LogP contribution is -2.44. The molecule has 26 heavy (non-hydrogen) atoms. The van der Waals surface area contributed by atoms with Gasteiger partial charge in [-0.2, -0.15) is 0 Å². The number of Topliss-reactive ketones (excluding diaryl/α,β-unsaturated/α-hetero) is 1. The predicted molar refractivity (Wildman–Crippen MR) is 103 cm³/mol. The minimum Gasteiger partial charge on any atom is -0.481 e. The van der Waals surface area contributed by atoms with E-state index in [1.54, 1.807) is 0 Å². The Hall–Kier alpha value is -1.39. The first-order valence-corrected chi connectivity index (χ1v) is 10.4. The van der Waals surface area contributed by atoms with Crippen LogP contribution in [-0.4, -0.2) is 40.3 Å². The number of rotatable bonds is 14. The van der Waals surface area contributed by atoms with Crippen LogP contribution in [0, 0.1) is 5.92 Å². The van der Waals surface area contributed by atoms with Gasteiger partial charge in [0.15, 0.2) is 0 Å². The van der Waals surface area contributed by atoms with Gasteiger partial charge in [0, 0.05) is 38.3 Å². The smallest absolute Gasteiger partial charge is 0.303 e. The molecule has 5 nitrogen and oxygen atoms in total. The summed E-state index contributed by atoms with van der Waals surface area (Å²) in [5.41, 5.74) is 0. The van der Waals surface area contributed by atoms with Crippen LogP contribution in [0.3, 0.4) is 0 Å². The lowest BCUT2D eigenvalue weighted by molar-refractivity contribution is -0.137. The molecule has 1 fully saturated rings. The van der Waals surface area contributed by atoms with Crippen LogP contribution in [0.15, 0.2) is 0 Å². The van der Waals surface area contributed by atoms with Gasteiger partial charge in [0.2, 0.25) is 5.91 Å². The average molecular weight is 368 g/mol. The highest BCUT2D eigenvalue weighted by Gasteiger charge is 2.27. The summed E-state index contributed by atoms with van der Waals surface area (Å²) in [5.74, 6) is 0.454. The molecule has 1 amide bonds. The second kappa shape index (κ2) is 12.9. The fraction of sp³-hybridized carbons (Fsp3) is 0.857. The van der Waals surface area contributed by atoms with Crippen LogP contribution in [-0.2, 0) is 14.4 Å². The third kappa shape index (κ3) is 9.93. The summed E-state index contributed by atoms with van der Waals surface area (Å²) in [4.78, 5) is 36.9. The van der Waals surface area contributed by atoms with E-state index in [0.29, 0.717) is 37.4 Å². The first kappa shape index (κ1) is 22.7. The van der Waals surface area contributed by atoms with E-state index in [-0.39, 0.29) is 18.4 Å². The van der Waals surface area contributed by atoms with Crippen LogP contribution in [0.2, 0.25) is 0 Å². The van der Waals surface area contributed by atoms with Crippen molar-refractivity contribution in [2.45, 2.75) is 103 Å². The number of unbranched alkanes of at least 4 members (excludes halogenated alkanes) is 3. The van der Waals surface area contributed by atoms with E-state index in [2.05, 4.69) is 13.8 Å². The quantitative estimate of drug-likeness (QED) is 0.456. The van der Waals surface area contributed by atoms with Gasteiger partial charge >= 0.3 is 5.97 Å². The molecule has 150 valence electrons. The number of carboxylic acid groups (broad SMARTS) is 1. The van der Waals surface area contributed by atoms with Crippen LogP contribution >= 0.6 is 0 Å². The normalized spacial score (nSPS) is 17.7. The average Bonchev–Trinajstić information content (AvgIpc) is 2.57. The number of aliphatic carboxylic acids is 1. The zero-order valence-corrected chi connectivity index (χ0v) is 16.7. The van der Waals surface area contributed by atoms with Gasteiger partial charge in [-0.1, -0.05) is 33.1 Å². The van der Waals surface area contributed by atoms with Crippen molar-refractivity contribution in [1.29, 1.82) is 0 Å². The van der Waals surface area contributed by atoms with E-state index in [1.165, 1.54) is 0 Å². The number of piperidine rings is 1. The molecule has 0 bridgehead atoms. The second-order valence-electron chi connectivity index (χ2n) is 8.05. The summed E-state index contributed by atoms with van der Waals surface area (Å²) in [6, 6.07) is 0.212. The SMILES string of the molecule is CC(C)CCCC(=O)CC[C@H]1CCCC(=O)N1CCCCCCC(=O)O. The van der Waals surface area contributed by atoms with E-state index in [4.69, 9.17) is 5.11 Å². The Labute approximate surface area is 158 Å². The molecule has 0 aromatic heterocycles. The number of nitrogens with zero attached hydrogens (tertiary/aromatic N) is 1. The topological polar surface area (TPSA) is 74.7 Å². The number of carbonyl (C=O) groups excluding carboxylic acids is 2. The van der Waals surface area contributed by atoms with Crippen molar-refractivity contribution in [2.24, 2.45) is 5.92 Å². The van der Waals surface area contributed by atoms with Crippen molar-refractivity contribution >= 4 is 17.7 Å². The zero-order chi connectivity index (χ0) is 19.4. The number of hydrogen-bond acceptors (Lipinski definition) is 3. The van der Waals surface area contributed by atoms with E-state index < -0.39 is 5.97 Å². The Kier molecular flexibility index (Phi) is 11.2. The monoisotopic (exact) mass is 367 g/mol. The number of ketones is 1. The second-order valence-corrected chi connectivity index (χ2v) is 8.05. The van der Waals surface area contributed by atoms with Gasteiger partial charge < -0.3 is 10.0 Å². The predicted octanol–water partition coefficient (Wildman–Crippen LogP) is 4.58. The summed E-state index contributed by atoms with van der Waals surface area (Å²) in [6.45, 7) is 5.10. The van der Waals surface area contributed by atoms with E-state index in [0.717, 1.165) is 57.9 Å². The largest absolute Gasteiger partial charge is 0.481 e. The first-order valence-electron chi connectivity index (χ1n) is 10.4. The molecule has 0 aromatic carbocycles. The van der Waals surface area contributed by atoms with Crippen LogP contribution in [0.5, 0.6) is 0 Å². The van der Waals surface area contributed by atoms with Crippen LogP contribution in [0.25, 0.3) is 0 Å². The lowest BCUT2D eigenvalue weighted by Gasteiger charge is -2.36. The molecule has 1 saturated heterocycles. The maximum absolute atomic E-state index is 12.3. The highest BCUT2D eigenvalue weighted by atomic mass is 16.4. The van der Waals surface area contributed by atoms with Crippen molar-refractivity contribution in [3.63, 3.8) is 0 Å². The minimum absolute atomic E-state index is 0.212. The fourth-order valence-corrected chi connectivity index (χ4v) is 3.67. The third-order valence-corrected chi connectivity index (χ3v) is 5.22. The molecular formula is C21H37NO4. The van der Waals surface area contributed by atoms with Gasteiger partial charge in [-0.05, 0) is 44.4 Å². The molecule has 0 aromatic rings. The minimum atomic E-state index is -0.741. The highest BCUT2D eigenvalue weighted by molar-refractivity contribution is 5.79. The Morgan fingerprint density at radius 3 is 2.50 bits per heavy atom. The lowest BCUT2D eigenvalue weighted by atomic mass is 9.94. The Balaban J connectivity index is 2.29. The molecule has 1 atom stereocenters.